The van der Waals surface area contributed by atoms with Crippen LogP contribution in [0.15, 0.2) is 36.7 Å². The lowest BCUT2D eigenvalue weighted by Gasteiger charge is -2.17. The fourth-order valence-electron chi connectivity index (χ4n) is 1.89. The highest BCUT2D eigenvalue weighted by Crippen LogP contribution is 2.20. The number of amides is 1. The van der Waals surface area contributed by atoms with Crippen molar-refractivity contribution < 1.29 is 9.18 Å². The van der Waals surface area contributed by atoms with Gasteiger partial charge >= 0.3 is 0 Å². The minimum absolute atomic E-state index is 0.327. The average Bonchev–Trinajstić information content (AvgIpc) is 2.84. The van der Waals surface area contributed by atoms with E-state index in [1.807, 2.05) is 7.05 Å². The molecular weight excluding hydrogens is 257 g/mol. The Balaban J connectivity index is 2.38. The number of hydrogen-bond donors (Lipinski definition) is 1. The summed E-state index contributed by atoms with van der Waals surface area (Å²) in [5.74, 6) is 4.90. The first-order valence-electron chi connectivity index (χ1n) is 6.07. The molecule has 2 rings (SSSR count). The number of aryl methyl sites for hydroxylation is 1. The molecule has 0 bridgehead atoms. The Bertz CT molecular complexity index is 664. The van der Waals surface area contributed by atoms with Gasteiger partial charge in [-0.05, 0) is 30.5 Å². The highest BCUT2D eigenvalue weighted by Gasteiger charge is 2.19. The lowest BCUT2D eigenvalue weighted by molar-refractivity contribution is -0.116. The summed E-state index contributed by atoms with van der Waals surface area (Å²) in [4.78, 5) is 15.9. The van der Waals surface area contributed by atoms with Crippen LogP contribution in [0.5, 0.6) is 0 Å². The second-order valence-electron chi connectivity index (χ2n) is 4.23. The molecule has 1 amide bonds. The summed E-state index contributed by atoms with van der Waals surface area (Å²) in [7, 11) is 1.83. The summed E-state index contributed by atoms with van der Waals surface area (Å²) >= 11 is 0. The van der Waals surface area contributed by atoms with E-state index in [2.05, 4.69) is 22.1 Å². The van der Waals surface area contributed by atoms with Crippen LogP contribution in [0.1, 0.15) is 24.4 Å². The smallest absolute Gasteiger partial charge is 0.296 e. The number of hydrogen-bond acceptors (Lipinski definition) is 2. The largest absolute Gasteiger partial charge is 0.336 e. The molecule has 0 aliphatic carbocycles. The van der Waals surface area contributed by atoms with Crippen molar-refractivity contribution in [1.82, 2.24) is 14.9 Å². The Hall–Kier alpha value is -2.61. The van der Waals surface area contributed by atoms with Crippen LogP contribution in [0, 0.1) is 17.7 Å². The van der Waals surface area contributed by atoms with E-state index < -0.39 is 11.9 Å². The predicted molar refractivity (Wildman–Crippen MR) is 73.0 cm³/mol. The van der Waals surface area contributed by atoms with Crippen molar-refractivity contribution in [2.45, 2.75) is 13.0 Å². The molecule has 1 aromatic carbocycles. The minimum Gasteiger partial charge on any atom is -0.336 e. The molecule has 20 heavy (non-hydrogen) atoms. The quantitative estimate of drug-likeness (QED) is 0.865. The zero-order chi connectivity index (χ0) is 14.5. The third-order valence-electron chi connectivity index (χ3n) is 2.83. The van der Waals surface area contributed by atoms with Gasteiger partial charge < -0.3 is 9.88 Å². The average molecular weight is 271 g/mol. The summed E-state index contributed by atoms with van der Waals surface area (Å²) in [6.45, 7) is 1.59. The molecule has 1 N–H and O–H groups in total. The second kappa shape index (κ2) is 6.02. The number of nitrogens with one attached hydrogen (secondary N) is 1. The first-order valence-corrected chi connectivity index (χ1v) is 6.07. The molecule has 1 aromatic heterocycles. The van der Waals surface area contributed by atoms with Crippen LogP contribution in [0.4, 0.5) is 4.39 Å². The van der Waals surface area contributed by atoms with E-state index in [9.17, 15) is 9.18 Å². The predicted octanol–water partition coefficient (Wildman–Crippen LogP) is 1.79. The topological polar surface area (TPSA) is 46.9 Å². The standard InChI is InChI=1S/C15H14FN3O/c1-3-4-13(20)18-14(15-17-9-10-19(15)2)11-5-7-12(16)8-6-11/h5-10,14H,1-2H3,(H,18,20). The van der Waals surface area contributed by atoms with E-state index in [1.165, 1.54) is 12.1 Å². The Labute approximate surface area is 116 Å². The van der Waals surface area contributed by atoms with Crippen LogP contribution < -0.4 is 5.32 Å². The van der Waals surface area contributed by atoms with Gasteiger partial charge in [0.2, 0.25) is 0 Å². The third-order valence-corrected chi connectivity index (χ3v) is 2.83. The molecule has 1 heterocycles. The van der Waals surface area contributed by atoms with Crippen LogP contribution in [-0.4, -0.2) is 15.5 Å². The van der Waals surface area contributed by atoms with E-state index in [4.69, 9.17) is 0 Å². The van der Waals surface area contributed by atoms with Crippen molar-refractivity contribution in [3.05, 3.63) is 53.9 Å². The summed E-state index contributed by atoms with van der Waals surface area (Å²) in [6.07, 6.45) is 3.42. The zero-order valence-corrected chi connectivity index (χ0v) is 11.2. The number of rotatable bonds is 3. The lowest BCUT2D eigenvalue weighted by Crippen LogP contribution is -2.30. The third kappa shape index (κ3) is 3.04. The van der Waals surface area contributed by atoms with Crippen LogP contribution in [0.2, 0.25) is 0 Å². The number of benzene rings is 1. The monoisotopic (exact) mass is 271 g/mol. The van der Waals surface area contributed by atoms with Gasteiger partial charge in [0.05, 0.1) is 0 Å². The van der Waals surface area contributed by atoms with E-state index in [-0.39, 0.29) is 5.82 Å². The van der Waals surface area contributed by atoms with Gasteiger partial charge in [0.15, 0.2) is 0 Å². The first-order chi connectivity index (χ1) is 9.61. The summed E-state index contributed by atoms with van der Waals surface area (Å²) in [5, 5.41) is 2.78. The maximum Gasteiger partial charge on any atom is 0.296 e. The molecule has 0 saturated heterocycles. The normalized spacial score (nSPS) is 11.3. The molecule has 0 aliphatic rings. The van der Waals surface area contributed by atoms with Crippen molar-refractivity contribution in [3.63, 3.8) is 0 Å². The van der Waals surface area contributed by atoms with Gasteiger partial charge in [-0.1, -0.05) is 18.1 Å². The SMILES string of the molecule is CC#CC(=O)NC(c1ccc(F)cc1)c1nccn1C. The molecule has 0 aliphatic heterocycles. The second-order valence-corrected chi connectivity index (χ2v) is 4.23. The fourth-order valence-corrected chi connectivity index (χ4v) is 1.89. The van der Waals surface area contributed by atoms with Crippen molar-refractivity contribution in [1.29, 1.82) is 0 Å². The van der Waals surface area contributed by atoms with Gasteiger partial charge in [-0.2, -0.15) is 0 Å². The Morgan fingerprint density at radius 1 is 1.40 bits per heavy atom. The summed E-state index contributed by atoms with van der Waals surface area (Å²) in [5.41, 5.74) is 0.743. The fraction of sp³-hybridized carbons (Fsp3) is 0.200. The molecular formula is C15H14FN3O. The van der Waals surface area contributed by atoms with Gasteiger partial charge in [0.1, 0.15) is 17.7 Å². The number of nitrogens with zero attached hydrogens (tertiary/aromatic N) is 2. The zero-order valence-electron chi connectivity index (χ0n) is 11.2. The highest BCUT2D eigenvalue weighted by molar-refractivity contribution is 5.93. The highest BCUT2D eigenvalue weighted by atomic mass is 19.1. The van der Waals surface area contributed by atoms with Crippen molar-refractivity contribution in [2.24, 2.45) is 7.05 Å². The number of carbonyl (C=O) groups is 1. The first kappa shape index (κ1) is 13.8. The molecule has 0 spiro atoms. The van der Waals surface area contributed by atoms with Gasteiger partial charge in [-0.3, -0.25) is 4.79 Å². The minimum atomic E-state index is -0.469. The van der Waals surface area contributed by atoms with Crippen LogP contribution >= 0.6 is 0 Å². The molecule has 0 saturated carbocycles. The van der Waals surface area contributed by atoms with Gasteiger partial charge in [-0.25, -0.2) is 9.37 Å². The maximum absolute atomic E-state index is 13.0. The maximum atomic E-state index is 13.0. The van der Waals surface area contributed by atoms with Crippen molar-refractivity contribution in [3.8, 4) is 11.8 Å². The molecule has 102 valence electrons. The molecule has 5 heteroatoms. The van der Waals surface area contributed by atoms with Gasteiger partial charge in [0.25, 0.3) is 5.91 Å². The number of carbonyl (C=O) groups excluding carboxylic acids is 1. The Kier molecular flexibility index (Phi) is 4.16. The van der Waals surface area contributed by atoms with Crippen molar-refractivity contribution >= 4 is 5.91 Å². The lowest BCUT2D eigenvalue weighted by atomic mass is 10.1. The summed E-state index contributed by atoms with van der Waals surface area (Å²) in [6, 6.07) is 5.47. The number of halogens is 1. The van der Waals surface area contributed by atoms with E-state index >= 15 is 0 Å². The van der Waals surface area contributed by atoms with Crippen molar-refractivity contribution in [2.75, 3.05) is 0 Å². The van der Waals surface area contributed by atoms with E-state index in [0.29, 0.717) is 5.82 Å². The van der Waals surface area contributed by atoms with Crippen LogP contribution in [0.3, 0.4) is 0 Å². The molecule has 2 aromatic rings. The summed E-state index contributed by atoms with van der Waals surface area (Å²) < 4.78 is 14.8. The number of aromatic nitrogens is 2. The van der Waals surface area contributed by atoms with Gasteiger partial charge in [0, 0.05) is 19.4 Å². The molecule has 0 fully saturated rings. The molecule has 4 nitrogen and oxygen atoms in total. The Morgan fingerprint density at radius 2 is 2.10 bits per heavy atom. The number of imidazole rings is 1. The van der Waals surface area contributed by atoms with Crippen LogP contribution in [-0.2, 0) is 11.8 Å². The molecule has 1 atom stereocenters. The Morgan fingerprint density at radius 3 is 2.65 bits per heavy atom. The molecule has 0 radical (unpaired) electrons. The van der Waals surface area contributed by atoms with E-state index in [1.54, 1.807) is 36.0 Å². The van der Waals surface area contributed by atoms with E-state index in [0.717, 1.165) is 5.56 Å². The molecule has 1 unspecified atom stereocenters. The van der Waals surface area contributed by atoms with Crippen LogP contribution in [0.25, 0.3) is 0 Å². The van der Waals surface area contributed by atoms with Gasteiger partial charge in [-0.15, -0.1) is 0 Å².